The molecule has 1 atom stereocenters. The van der Waals surface area contributed by atoms with Crippen LogP contribution in [-0.4, -0.2) is 42.0 Å². The number of carboxylic acids is 1. The Hall–Kier alpha value is -1.75. The van der Waals surface area contributed by atoms with Crippen molar-refractivity contribution in [2.24, 2.45) is 0 Å². The lowest BCUT2D eigenvalue weighted by atomic mass is 9.99. The molecule has 0 aromatic heterocycles. The van der Waals surface area contributed by atoms with E-state index in [0.29, 0.717) is 19.5 Å². The van der Waals surface area contributed by atoms with Gasteiger partial charge in [0.05, 0.1) is 24.8 Å². The molecule has 1 aliphatic heterocycles. The summed E-state index contributed by atoms with van der Waals surface area (Å²) in [6.45, 7) is 0.948. The predicted octanol–water partition coefficient (Wildman–Crippen LogP) is 1.11. The van der Waals surface area contributed by atoms with E-state index in [1.165, 1.54) is 0 Å². The molecule has 18 heavy (non-hydrogen) atoms. The van der Waals surface area contributed by atoms with Crippen LogP contribution in [-0.2, 0) is 4.79 Å². The van der Waals surface area contributed by atoms with Crippen LogP contribution in [0.15, 0.2) is 24.3 Å². The van der Waals surface area contributed by atoms with Gasteiger partial charge in [-0.2, -0.15) is 0 Å². The first-order chi connectivity index (χ1) is 8.54. The third-order valence-corrected chi connectivity index (χ3v) is 3.24. The Labute approximate surface area is 106 Å². The van der Waals surface area contributed by atoms with Gasteiger partial charge in [0.15, 0.2) is 0 Å². The second-order valence-electron chi connectivity index (χ2n) is 4.64. The van der Waals surface area contributed by atoms with Gasteiger partial charge in [-0.3, -0.25) is 4.79 Å². The summed E-state index contributed by atoms with van der Waals surface area (Å²) in [4.78, 5) is 12.7. The summed E-state index contributed by atoms with van der Waals surface area (Å²) in [5.74, 6) is -0.239. The van der Waals surface area contributed by atoms with E-state index in [9.17, 15) is 9.90 Å². The lowest BCUT2D eigenvalue weighted by molar-refractivity contribution is -0.141. The van der Waals surface area contributed by atoms with E-state index in [2.05, 4.69) is 0 Å². The average Bonchev–Trinajstić information content (AvgIpc) is 2.70. The number of aliphatic hydroxyl groups is 1. The minimum Gasteiger partial charge on any atom is -0.495 e. The van der Waals surface area contributed by atoms with Crippen LogP contribution in [0.5, 0.6) is 5.75 Å². The molecular weight excluding hydrogens is 234 g/mol. The van der Waals surface area contributed by atoms with Crippen molar-refractivity contribution in [3.05, 3.63) is 24.3 Å². The number of methoxy groups -OCH3 is 1. The van der Waals surface area contributed by atoms with Gasteiger partial charge in [0.1, 0.15) is 5.75 Å². The van der Waals surface area contributed by atoms with Crippen molar-refractivity contribution in [1.82, 2.24) is 0 Å². The third-order valence-electron chi connectivity index (χ3n) is 3.24. The molecule has 1 aromatic rings. The van der Waals surface area contributed by atoms with Crippen molar-refractivity contribution in [3.63, 3.8) is 0 Å². The Balaban J connectivity index is 2.15. The molecule has 0 spiro atoms. The topological polar surface area (TPSA) is 70.0 Å². The SMILES string of the molecule is COc1ccccc1N1CCC(O)(CC(=O)O)C1. The second-order valence-corrected chi connectivity index (χ2v) is 4.64. The maximum absolute atomic E-state index is 10.7. The minimum absolute atomic E-state index is 0.224. The number of hydrogen-bond donors (Lipinski definition) is 2. The van der Waals surface area contributed by atoms with Crippen LogP contribution in [0.3, 0.4) is 0 Å². The quantitative estimate of drug-likeness (QED) is 0.839. The van der Waals surface area contributed by atoms with Gasteiger partial charge in [-0.25, -0.2) is 0 Å². The molecule has 2 rings (SSSR count). The number of anilines is 1. The van der Waals surface area contributed by atoms with E-state index in [0.717, 1.165) is 11.4 Å². The highest BCUT2D eigenvalue weighted by Gasteiger charge is 2.38. The molecule has 0 amide bonds. The van der Waals surface area contributed by atoms with E-state index < -0.39 is 11.6 Å². The predicted molar refractivity (Wildman–Crippen MR) is 67.0 cm³/mol. The number of nitrogens with zero attached hydrogens (tertiary/aromatic N) is 1. The molecule has 98 valence electrons. The van der Waals surface area contributed by atoms with Crippen molar-refractivity contribution in [1.29, 1.82) is 0 Å². The molecule has 1 saturated heterocycles. The zero-order valence-corrected chi connectivity index (χ0v) is 10.3. The third kappa shape index (κ3) is 2.56. The smallest absolute Gasteiger partial charge is 0.306 e. The van der Waals surface area contributed by atoms with E-state index in [1.54, 1.807) is 7.11 Å². The molecule has 2 N–H and O–H groups in total. The minimum atomic E-state index is -1.15. The average molecular weight is 251 g/mol. The van der Waals surface area contributed by atoms with Gasteiger partial charge in [-0.05, 0) is 18.6 Å². The van der Waals surface area contributed by atoms with Crippen LogP contribution in [0, 0.1) is 0 Å². The fourth-order valence-corrected chi connectivity index (χ4v) is 2.38. The first-order valence-corrected chi connectivity index (χ1v) is 5.86. The Morgan fingerprint density at radius 3 is 2.89 bits per heavy atom. The van der Waals surface area contributed by atoms with Crippen LogP contribution in [0.1, 0.15) is 12.8 Å². The highest BCUT2D eigenvalue weighted by Crippen LogP contribution is 2.34. The number of benzene rings is 1. The number of ether oxygens (including phenoxy) is 1. The summed E-state index contributed by atoms with van der Waals surface area (Å²) in [5.41, 5.74) is -0.256. The number of β-amino-alcohol motifs (C(OH)–C–C–N with tert-alkyl or cyclic N) is 1. The molecule has 1 unspecified atom stereocenters. The van der Waals surface area contributed by atoms with Crippen LogP contribution in [0.2, 0.25) is 0 Å². The molecule has 1 aromatic carbocycles. The number of hydrogen-bond acceptors (Lipinski definition) is 4. The molecule has 0 aliphatic carbocycles. The zero-order chi connectivity index (χ0) is 13.2. The maximum Gasteiger partial charge on any atom is 0.306 e. The van der Waals surface area contributed by atoms with Crippen molar-refractivity contribution in [2.75, 3.05) is 25.1 Å². The second kappa shape index (κ2) is 4.86. The molecular formula is C13H17NO4. The first-order valence-electron chi connectivity index (χ1n) is 5.86. The van der Waals surface area contributed by atoms with Gasteiger partial charge in [-0.1, -0.05) is 12.1 Å². The van der Waals surface area contributed by atoms with Gasteiger partial charge in [-0.15, -0.1) is 0 Å². The van der Waals surface area contributed by atoms with E-state index in [-0.39, 0.29) is 6.42 Å². The van der Waals surface area contributed by atoms with E-state index in [1.807, 2.05) is 29.2 Å². The largest absolute Gasteiger partial charge is 0.495 e. The van der Waals surface area contributed by atoms with Crippen LogP contribution < -0.4 is 9.64 Å². The van der Waals surface area contributed by atoms with Crippen LogP contribution in [0.4, 0.5) is 5.69 Å². The fraction of sp³-hybridized carbons (Fsp3) is 0.462. The number of para-hydroxylation sites is 2. The van der Waals surface area contributed by atoms with E-state index >= 15 is 0 Å². The van der Waals surface area contributed by atoms with Gasteiger partial charge in [0, 0.05) is 13.1 Å². The number of carbonyl (C=O) groups is 1. The van der Waals surface area contributed by atoms with Crippen molar-refractivity contribution < 1.29 is 19.7 Å². The molecule has 5 nitrogen and oxygen atoms in total. The molecule has 1 fully saturated rings. The van der Waals surface area contributed by atoms with Crippen LogP contribution in [0.25, 0.3) is 0 Å². The summed E-state index contributed by atoms with van der Waals surface area (Å²) in [6, 6.07) is 7.53. The van der Waals surface area contributed by atoms with Gasteiger partial charge < -0.3 is 19.8 Å². The number of rotatable bonds is 4. The molecule has 5 heteroatoms. The normalized spacial score (nSPS) is 23.1. The highest BCUT2D eigenvalue weighted by atomic mass is 16.5. The summed E-state index contributed by atoms with van der Waals surface area (Å²) in [6.07, 6.45) is 0.232. The summed E-state index contributed by atoms with van der Waals surface area (Å²) in [5, 5.41) is 19.0. The van der Waals surface area contributed by atoms with Gasteiger partial charge in [0.25, 0.3) is 0 Å². The Morgan fingerprint density at radius 1 is 1.50 bits per heavy atom. The van der Waals surface area contributed by atoms with E-state index in [4.69, 9.17) is 9.84 Å². The van der Waals surface area contributed by atoms with Crippen molar-refractivity contribution in [3.8, 4) is 5.75 Å². The molecule has 0 saturated carbocycles. The van der Waals surface area contributed by atoms with Gasteiger partial charge >= 0.3 is 5.97 Å². The Kier molecular flexibility index (Phi) is 3.43. The number of aliphatic carboxylic acids is 1. The lowest BCUT2D eigenvalue weighted by Crippen LogP contribution is -2.35. The fourth-order valence-electron chi connectivity index (χ4n) is 2.38. The summed E-state index contributed by atoms with van der Waals surface area (Å²) < 4.78 is 5.27. The monoisotopic (exact) mass is 251 g/mol. The first kappa shape index (κ1) is 12.7. The molecule has 0 radical (unpaired) electrons. The maximum atomic E-state index is 10.7. The zero-order valence-electron chi connectivity index (χ0n) is 10.3. The standard InChI is InChI=1S/C13H17NO4/c1-18-11-5-3-2-4-10(11)14-7-6-13(17,9-14)8-12(15)16/h2-5,17H,6-9H2,1H3,(H,15,16). The summed E-state index contributed by atoms with van der Waals surface area (Å²) in [7, 11) is 1.60. The number of carboxylic acid groups (broad SMARTS) is 1. The molecule has 1 heterocycles. The Morgan fingerprint density at radius 2 is 2.22 bits per heavy atom. The van der Waals surface area contributed by atoms with Gasteiger partial charge in [0.2, 0.25) is 0 Å². The Bertz CT molecular complexity index is 448. The molecule has 1 aliphatic rings. The highest BCUT2D eigenvalue weighted by molar-refractivity contribution is 5.69. The van der Waals surface area contributed by atoms with Crippen molar-refractivity contribution in [2.45, 2.75) is 18.4 Å². The van der Waals surface area contributed by atoms with Crippen molar-refractivity contribution >= 4 is 11.7 Å². The van der Waals surface area contributed by atoms with Crippen LogP contribution >= 0.6 is 0 Å². The molecule has 0 bridgehead atoms. The lowest BCUT2D eigenvalue weighted by Gasteiger charge is -2.24. The summed E-state index contributed by atoms with van der Waals surface area (Å²) >= 11 is 0.